The first-order valence-electron chi connectivity index (χ1n) is 6.33. The quantitative estimate of drug-likeness (QED) is 0.813. The Balaban J connectivity index is 2.20. The average molecular weight is 324 g/mol. The minimum Gasteiger partial charge on any atom is -0.488 e. The molecule has 0 aliphatic heterocycles. The Hall–Kier alpha value is -1.29. The molecular weight excluding hydrogens is 306 g/mol. The van der Waals surface area contributed by atoms with Crippen molar-refractivity contribution < 1.29 is 9.26 Å². The number of benzene rings is 1. The molecule has 0 saturated heterocycles. The standard InChI is InChI=1S/C15H18BrNO2/c1-9(2)13-7-12(16)5-6-15(13)18-8-14-10(3)17-19-11(14)4/h5-7,9H,8H2,1-4H3. The van der Waals surface area contributed by atoms with Crippen molar-refractivity contribution in [3.8, 4) is 5.75 Å². The summed E-state index contributed by atoms with van der Waals surface area (Å²) in [4.78, 5) is 0. The Bertz CT molecular complexity index is 556. The highest BCUT2D eigenvalue weighted by Gasteiger charge is 2.12. The van der Waals surface area contributed by atoms with Crippen LogP contribution in [0.4, 0.5) is 0 Å². The molecule has 0 saturated carbocycles. The molecule has 0 radical (unpaired) electrons. The monoisotopic (exact) mass is 323 g/mol. The van der Waals surface area contributed by atoms with E-state index in [2.05, 4.69) is 41.0 Å². The van der Waals surface area contributed by atoms with Gasteiger partial charge >= 0.3 is 0 Å². The molecule has 0 N–H and O–H groups in total. The van der Waals surface area contributed by atoms with Gasteiger partial charge in [-0.1, -0.05) is 34.9 Å². The van der Waals surface area contributed by atoms with E-state index in [9.17, 15) is 0 Å². The van der Waals surface area contributed by atoms with Gasteiger partial charge in [0.25, 0.3) is 0 Å². The van der Waals surface area contributed by atoms with Gasteiger partial charge in [-0.25, -0.2) is 0 Å². The number of ether oxygens (including phenoxy) is 1. The van der Waals surface area contributed by atoms with E-state index in [1.807, 2.05) is 26.0 Å². The molecule has 1 aromatic carbocycles. The van der Waals surface area contributed by atoms with E-state index in [1.54, 1.807) is 0 Å². The smallest absolute Gasteiger partial charge is 0.140 e. The molecule has 0 fully saturated rings. The van der Waals surface area contributed by atoms with E-state index in [4.69, 9.17) is 9.26 Å². The molecule has 0 aliphatic carbocycles. The zero-order chi connectivity index (χ0) is 14.0. The van der Waals surface area contributed by atoms with Crippen molar-refractivity contribution >= 4 is 15.9 Å². The molecule has 1 aromatic heterocycles. The zero-order valence-electron chi connectivity index (χ0n) is 11.7. The van der Waals surface area contributed by atoms with Gasteiger partial charge in [-0.05, 0) is 43.5 Å². The second kappa shape index (κ2) is 5.78. The fraction of sp³-hybridized carbons (Fsp3) is 0.400. The molecule has 1 heterocycles. The summed E-state index contributed by atoms with van der Waals surface area (Å²) in [5.74, 6) is 2.15. The Morgan fingerprint density at radius 1 is 1.32 bits per heavy atom. The summed E-state index contributed by atoms with van der Waals surface area (Å²) in [6, 6.07) is 6.10. The van der Waals surface area contributed by atoms with Crippen molar-refractivity contribution in [2.24, 2.45) is 0 Å². The molecule has 19 heavy (non-hydrogen) atoms. The number of hydrogen-bond acceptors (Lipinski definition) is 3. The summed E-state index contributed by atoms with van der Waals surface area (Å²) in [5, 5.41) is 3.94. The number of aryl methyl sites for hydroxylation is 2. The highest BCUT2D eigenvalue weighted by molar-refractivity contribution is 9.10. The first-order valence-corrected chi connectivity index (χ1v) is 7.12. The van der Waals surface area contributed by atoms with Gasteiger partial charge in [0.05, 0.1) is 11.3 Å². The van der Waals surface area contributed by atoms with E-state index >= 15 is 0 Å². The van der Waals surface area contributed by atoms with E-state index in [0.29, 0.717) is 12.5 Å². The Morgan fingerprint density at radius 2 is 2.05 bits per heavy atom. The van der Waals surface area contributed by atoms with Crippen LogP contribution in [0.25, 0.3) is 0 Å². The third-order valence-corrected chi connectivity index (χ3v) is 3.64. The Kier molecular flexibility index (Phi) is 4.30. The van der Waals surface area contributed by atoms with Gasteiger partial charge in [0.1, 0.15) is 18.1 Å². The lowest BCUT2D eigenvalue weighted by Crippen LogP contribution is -2.01. The number of rotatable bonds is 4. The fourth-order valence-corrected chi connectivity index (χ4v) is 2.34. The van der Waals surface area contributed by atoms with Crippen LogP contribution in [0.1, 0.15) is 42.3 Å². The van der Waals surface area contributed by atoms with Crippen LogP contribution in [0, 0.1) is 13.8 Å². The van der Waals surface area contributed by atoms with Gasteiger partial charge < -0.3 is 9.26 Å². The normalized spacial score (nSPS) is 11.1. The molecule has 4 heteroatoms. The SMILES string of the molecule is Cc1noc(C)c1COc1ccc(Br)cc1C(C)C. The van der Waals surface area contributed by atoms with Gasteiger partial charge in [-0.3, -0.25) is 0 Å². The van der Waals surface area contributed by atoms with Crippen molar-refractivity contribution in [1.29, 1.82) is 0 Å². The molecular formula is C15H18BrNO2. The third-order valence-electron chi connectivity index (χ3n) is 3.15. The van der Waals surface area contributed by atoms with E-state index in [0.717, 1.165) is 27.2 Å². The van der Waals surface area contributed by atoms with Crippen molar-refractivity contribution in [3.63, 3.8) is 0 Å². The fourth-order valence-electron chi connectivity index (χ4n) is 1.96. The van der Waals surface area contributed by atoms with Crippen molar-refractivity contribution in [2.45, 2.75) is 40.2 Å². The van der Waals surface area contributed by atoms with Crippen LogP contribution < -0.4 is 4.74 Å². The predicted octanol–water partition coefficient (Wildman–Crippen LogP) is 4.76. The van der Waals surface area contributed by atoms with Crippen molar-refractivity contribution in [2.75, 3.05) is 0 Å². The van der Waals surface area contributed by atoms with Gasteiger partial charge in [-0.2, -0.15) is 0 Å². The molecule has 0 spiro atoms. The predicted molar refractivity (Wildman–Crippen MR) is 78.5 cm³/mol. The van der Waals surface area contributed by atoms with Gasteiger partial charge in [0, 0.05) is 4.47 Å². The molecule has 0 amide bonds. The Labute approximate surface area is 122 Å². The van der Waals surface area contributed by atoms with Crippen LogP contribution in [0.15, 0.2) is 27.2 Å². The van der Waals surface area contributed by atoms with Crippen LogP contribution >= 0.6 is 15.9 Å². The summed E-state index contributed by atoms with van der Waals surface area (Å²) < 4.78 is 12.2. The Morgan fingerprint density at radius 3 is 2.63 bits per heavy atom. The van der Waals surface area contributed by atoms with Gasteiger partial charge in [0.2, 0.25) is 0 Å². The molecule has 2 rings (SSSR count). The molecule has 3 nitrogen and oxygen atoms in total. The summed E-state index contributed by atoms with van der Waals surface area (Å²) in [6.07, 6.45) is 0. The third kappa shape index (κ3) is 3.18. The van der Waals surface area contributed by atoms with Crippen LogP contribution in [0.5, 0.6) is 5.75 Å². The van der Waals surface area contributed by atoms with Crippen molar-refractivity contribution in [3.05, 3.63) is 45.3 Å². The second-order valence-electron chi connectivity index (χ2n) is 4.93. The first kappa shape index (κ1) is 14.1. The maximum Gasteiger partial charge on any atom is 0.140 e. The number of halogens is 1. The lowest BCUT2D eigenvalue weighted by molar-refractivity contribution is 0.297. The van der Waals surface area contributed by atoms with E-state index in [-0.39, 0.29) is 0 Å². The van der Waals surface area contributed by atoms with Crippen molar-refractivity contribution in [1.82, 2.24) is 5.16 Å². The number of aromatic nitrogens is 1. The maximum absolute atomic E-state index is 5.94. The average Bonchev–Trinajstić information content (AvgIpc) is 2.68. The van der Waals surface area contributed by atoms with Crippen LogP contribution in [0.3, 0.4) is 0 Å². The van der Waals surface area contributed by atoms with Crippen LogP contribution in [-0.4, -0.2) is 5.16 Å². The maximum atomic E-state index is 5.94. The lowest BCUT2D eigenvalue weighted by atomic mass is 10.0. The topological polar surface area (TPSA) is 35.3 Å². The zero-order valence-corrected chi connectivity index (χ0v) is 13.2. The van der Waals surface area contributed by atoms with E-state index in [1.165, 1.54) is 5.56 Å². The molecule has 0 aliphatic rings. The molecule has 0 bridgehead atoms. The minimum absolute atomic E-state index is 0.414. The van der Waals surface area contributed by atoms with Gasteiger partial charge in [0.15, 0.2) is 0 Å². The van der Waals surface area contributed by atoms with E-state index < -0.39 is 0 Å². The van der Waals surface area contributed by atoms with Crippen LogP contribution in [-0.2, 0) is 6.61 Å². The van der Waals surface area contributed by atoms with Gasteiger partial charge in [-0.15, -0.1) is 0 Å². The summed E-state index contributed by atoms with van der Waals surface area (Å²) in [7, 11) is 0. The highest BCUT2D eigenvalue weighted by atomic mass is 79.9. The summed E-state index contributed by atoms with van der Waals surface area (Å²) in [5.41, 5.74) is 3.11. The number of nitrogens with zero attached hydrogens (tertiary/aromatic N) is 1. The first-order chi connectivity index (χ1) is 8.99. The molecule has 2 aromatic rings. The van der Waals surface area contributed by atoms with Crippen LogP contribution in [0.2, 0.25) is 0 Å². The highest BCUT2D eigenvalue weighted by Crippen LogP contribution is 2.30. The molecule has 0 unspecified atom stereocenters. The second-order valence-corrected chi connectivity index (χ2v) is 5.84. The summed E-state index contributed by atoms with van der Waals surface area (Å²) >= 11 is 3.50. The lowest BCUT2D eigenvalue weighted by Gasteiger charge is -2.14. The largest absolute Gasteiger partial charge is 0.488 e. The minimum atomic E-state index is 0.414. The summed E-state index contributed by atoms with van der Waals surface area (Å²) in [6.45, 7) is 8.64. The molecule has 0 atom stereocenters. The molecule has 102 valence electrons. The number of hydrogen-bond donors (Lipinski definition) is 0.